The van der Waals surface area contributed by atoms with Crippen molar-refractivity contribution in [2.75, 3.05) is 13.1 Å². The van der Waals surface area contributed by atoms with Gasteiger partial charge in [0.05, 0.1) is 5.01 Å². The van der Waals surface area contributed by atoms with Gasteiger partial charge in [-0.25, -0.2) is 9.37 Å². The van der Waals surface area contributed by atoms with Gasteiger partial charge in [0.25, 0.3) is 5.91 Å². The maximum atomic E-state index is 12.9. The Kier molecular flexibility index (Phi) is 8.79. The Hall–Kier alpha value is -1.21. The molecule has 2 heterocycles. The molecule has 0 radical (unpaired) electrons. The first-order valence-electron chi connectivity index (χ1n) is 7.82. The lowest BCUT2D eigenvalue weighted by molar-refractivity contribution is 0.0910. The second-order valence-corrected chi connectivity index (χ2v) is 6.92. The Balaban J connectivity index is 0.00000156. The number of amides is 1. The summed E-state index contributed by atoms with van der Waals surface area (Å²) in [6.45, 7) is 3.97. The molecule has 1 amide bonds. The van der Waals surface area contributed by atoms with Crippen molar-refractivity contribution in [3.8, 4) is 0 Å². The molecule has 1 aromatic heterocycles. The van der Waals surface area contributed by atoms with E-state index >= 15 is 0 Å². The Morgan fingerprint density at radius 2 is 2.08 bits per heavy atom. The molecule has 2 aromatic rings. The van der Waals surface area contributed by atoms with Gasteiger partial charge >= 0.3 is 0 Å². The number of halogens is 3. The van der Waals surface area contributed by atoms with Gasteiger partial charge in [-0.05, 0) is 36.6 Å². The van der Waals surface area contributed by atoms with E-state index in [4.69, 9.17) is 0 Å². The maximum Gasteiger partial charge on any atom is 0.271 e. The Labute approximate surface area is 163 Å². The van der Waals surface area contributed by atoms with E-state index in [1.165, 1.54) is 23.5 Å². The zero-order valence-corrected chi connectivity index (χ0v) is 16.3. The first-order chi connectivity index (χ1) is 11.1. The van der Waals surface area contributed by atoms with Crippen molar-refractivity contribution in [3.63, 3.8) is 0 Å². The number of piperidine rings is 1. The largest absolute Gasteiger partial charge is 0.346 e. The fraction of sp³-hybridized carbons (Fsp3) is 0.412. The maximum absolute atomic E-state index is 12.9. The first kappa shape index (κ1) is 21.8. The second-order valence-electron chi connectivity index (χ2n) is 5.98. The molecule has 1 saturated heterocycles. The molecular weight excluding hydrogens is 384 g/mol. The van der Waals surface area contributed by atoms with Crippen molar-refractivity contribution in [3.05, 3.63) is 51.7 Å². The molecule has 25 heavy (non-hydrogen) atoms. The minimum absolute atomic E-state index is 0. The van der Waals surface area contributed by atoms with Crippen molar-refractivity contribution in [1.82, 2.24) is 15.6 Å². The average Bonchev–Trinajstić information content (AvgIpc) is 3.00. The van der Waals surface area contributed by atoms with Crippen molar-refractivity contribution in [1.29, 1.82) is 0 Å². The molecule has 2 unspecified atom stereocenters. The molecule has 8 heteroatoms. The third kappa shape index (κ3) is 5.92. The number of aromatic nitrogens is 1. The lowest BCUT2D eigenvalue weighted by Crippen LogP contribution is -2.50. The smallest absolute Gasteiger partial charge is 0.271 e. The number of benzene rings is 1. The summed E-state index contributed by atoms with van der Waals surface area (Å²) in [5.41, 5.74) is 1.45. The number of hydrogen-bond acceptors (Lipinski definition) is 4. The summed E-state index contributed by atoms with van der Waals surface area (Å²) in [6, 6.07) is 6.51. The molecule has 1 fully saturated rings. The highest BCUT2D eigenvalue weighted by atomic mass is 35.5. The van der Waals surface area contributed by atoms with E-state index in [2.05, 4.69) is 22.5 Å². The minimum Gasteiger partial charge on any atom is -0.346 e. The number of nitrogens with zero attached hydrogens (tertiary/aromatic N) is 1. The van der Waals surface area contributed by atoms with Crippen LogP contribution in [0.25, 0.3) is 0 Å². The van der Waals surface area contributed by atoms with Crippen LogP contribution in [0.4, 0.5) is 4.39 Å². The van der Waals surface area contributed by atoms with Gasteiger partial charge in [-0.15, -0.1) is 36.2 Å². The van der Waals surface area contributed by atoms with E-state index in [0.29, 0.717) is 18.0 Å². The molecule has 1 aliphatic rings. The normalized spacial score (nSPS) is 19.4. The van der Waals surface area contributed by atoms with E-state index in [1.807, 2.05) is 0 Å². The first-order valence-corrected chi connectivity index (χ1v) is 8.70. The van der Waals surface area contributed by atoms with Gasteiger partial charge in [0.2, 0.25) is 0 Å². The summed E-state index contributed by atoms with van der Waals surface area (Å²) in [5, 5.41) is 9.01. The third-order valence-corrected chi connectivity index (χ3v) is 5.05. The summed E-state index contributed by atoms with van der Waals surface area (Å²) in [5.74, 6) is 0.104. The predicted octanol–water partition coefficient (Wildman–Crippen LogP) is 3.44. The van der Waals surface area contributed by atoms with Crippen LogP contribution in [0, 0.1) is 11.7 Å². The van der Waals surface area contributed by atoms with Crippen LogP contribution in [0.5, 0.6) is 0 Å². The monoisotopic (exact) mass is 405 g/mol. The summed E-state index contributed by atoms with van der Waals surface area (Å²) < 4.78 is 12.9. The summed E-state index contributed by atoms with van der Waals surface area (Å²) >= 11 is 1.46. The van der Waals surface area contributed by atoms with Gasteiger partial charge in [0.15, 0.2) is 0 Å². The lowest BCUT2D eigenvalue weighted by atomic mass is 9.95. The van der Waals surface area contributed by atoms with Crippen molar-refractivity contribution < 1.29 is 9.18 Å². The van der Waals surface area contributed by atoms with Crippen LogP contribution < -0.4 is 10.6 Å². The second kappa shape index (κ2) is 10.1. The summed E-state index contributed by atoms with van der Waals surface area (Å²) in [7, 11) is 0. The fourth-order valence-electron chi connectivity index (χ4n) is 2.70. The molecule has 0 spiro atoms. The quantitative estimate of drug-likeness (QED) is 0.818. The number of rotatable bonds is 4. The fourth-order valence-corrected chi connectivity index (χ4v) is 3.51. The number of carbonyl (C=O) groups excluding carboxylic acids is 1. The molecule has 138 valence electrons. The van der Waals surface area contributed by atoms with E-state index in [0.717, 1.165) is 30.1 Å². The highest BCUT2D eigenvalue weighted by Crippen LogP contribution is 2.17. The van der Waals surface area contributed by atoms with Crippen LogP contribution >= 0.6 is 36.2 Å². The van der Waals surface area contributed by atoms with Gasteiger partial charge in [-0.2, -0.15) is 0 Å². The highest BCUT2D eigenvalue weighted by molar-refractivity contribution is 7.09. The molecule has 0 bridgehead atoms. The number of carbonyl (C=O) groups is 1. The van der Waals surface area contributed by atoms with Gasteiger partial charge in [0.1, 0.15) is 11.5 Å². The Morgan fingerprint density at radius 1 is 1.36 bits per heavy atom. The molecule has 2 N–H and O–H groups in total. The number of thiazole rings is 1. The molecule has 1 aliphatic heterocycles. The van der Waals surface area contributed by atoms with Gasteiger partial charge in [-0.3, -0.25) is 4.79 Å². The molecule has 0 saturated carbocycles. The molecule has 3 rings (SSSR count). The highest BCUT2D eigenvalue weighted by Gasteiger charge is 2.23. The van der Waals surface area contributed by atoms with Crippen LogP contribution in [0.3, 0.4) is 0 Å². The van der Waals surface area contributed by atoms with Crippen LogP contribution in [0.2, 0.25) is 0 Å². The lowest BCUT2D eigenvalue weighted by Gasteiger charge is -2.29. The number of hydrogen-bond donors (Lipinski definition) is 2. The average molecular weight is 406 g/mol. The third-order valence-electron chi connectivity index (χ3n) is 4.20. The van der Waals surface area contributed by atoms with Gasteiger partial charge in [-0.1, -0.05) is 19.1 Å². The van der Waals surface area contributed by atoms with E-state index in [-0.39, 0.29) is 42.6 Å². The minimum atomic E-state index is -0.247. The van der Waals surface area contributed by atoms with Crippen molar-refractivity contribution in [2.45, 2.75) is 25.8 Å². The number of nitrogens with one attached hydrogen (secondary N) is 2. The van der Waals surface area contributed by atoms with Crippen LogP contribution in [0.1, 0.15) is 34.4 Å². The van der Waals surface area contributed by atoms with Gasteiger partial charge < -0.3 is 10.6 Å². The van der Waals surface area contributed by atoms with E-state index < -0.39 is 0 Å². The SMILES string of the molecule is CC1CCNCC1NC(=O)c1csc(Cc2ccc(F)cc2)n1.Cl.Cl. The molecule has 0 aliphatic carbocycles. The zero-order valence-electron chi connectivity index (χ0n) is 13.8. The topological polar surface area (TPSA) is 54.0 Å². The summed E-state index contributed by atoms with van der Waals surface area (Å²) in [4.78, 5) is 16.7. The summed E-state index contributed by atoms with van der Waals surface area (Å²) in [6.07, 6.45) is 1.68. The van der Waals surface area contributed by atoms with Crippen LogP contribution in [0.15, 0.2) is 29.6 Å². The Morgan fingerprint density at radius 3 is 2.76 bits per heavy atom. The molecule has 2 atom stereocenters. The molecule has 1 aromatic carbocycles. The van der Waals surface area contributed by atoms with E-state index in [1.54, 1.807) is 17.5 Å². The van der Waals surface area contributed by atoms with Crippen LogP contribution in [-0.4, -0.2) is 30.0 Å². The predicted molar refractivity (Wildman–Crippen MR) is 104 cm³/mol. The van der Waals surface area contributed by atoms with Crippen molar-refractivity contribution in [2.24, 2.45) is 5.92 Å². The molecule has 4 nitrogen and oxygen atoms in total. The van der Waals surface area contributed by atoms with Gasteiger partial charge in [0, 0.05) is 24.4 Å². The van der Waals surface area contributed by atoms with Crippen molar-refractivity contribution >= 4 is 42.1 Å². The van der Waals surface area contributed by atoms with Crippen LogP contribution in [-0.2, 0) is 6.42 Å². The standard InChI is InChI=1S/C17H20FN3OS.2ClH/c1-11-6-7-19-9-14(11)21-17(22)15-10-23-16(20-15)8-12-2-4-13(18)5-3-12;;/h2-5,10-11,14,19H,6-9H2,1H3,(H,21,22);2*1H. The Bertz CT molecular complexity index is 681. The zero-order chi connectivity index (χ0) is 16.2. The van der Waals surface area contributed by atoms with E-state index in [9.17, 15) is 9.18 Å². The molecular formula is C17H22Cl2FN3OS.